The van der Waals surface area contributed by atoms with Gasteiger partial charge in [-0.15, -0.1) is 11.8 Å². The van der Waals surface area contributed by atoms with Crippen LogP contribution in [-0.2, 0) is 4.79 Å². The lowest BCUT2D eigenvalue weighted by atomic mass is 10.1. The van der Waals surface area contributed by atoms with Crippen LogP contribution in [0.2, 0.25) is 0 Å². The third-order valence-electron chi connectivity index (χ3n) is 4.47. The SMILES string of the molecule is Cc1ccc(C)c(NC(=O)CCSc2cc(C)c3cccc(C)c3n2)c1. The molecule has 134 valence electrons. The zero-order chi connectivity index (χ0) is 18.7. The number of nitrogens with zero attached hydrogens (tertiary/aromatic N) is 1. The Morgan fingerprint density at radius 3 is 2.62 bits per heavy atom. The zero-order valence-corrected chi connectivity index (χ0v) is 16.5. The Kier molecular flexibility index (Phi) is 5.62. The van der Waals surface area contributed by atoms with E-state index in [1.165, 1.54) is 16.5 Å². The summed E-state index contributed by atoms with van der Waals surface area (Å²) in [5.74, 6) is 0.750. The Labute approximate surface area is 159 Å². The molecule has 0 radical (unpaired) electrons. The van der Waals surface area contributed by atoms with Crippen molar-refractivity contribution in [1.29, 1.82) is 0 Å². The van der Waals surface area contributed by atoms with Gasteiger partial charge in [-0.1, -0.05) is 30.3 Å². The van der Waals surface area contributed by atoms with Crippen LogP contribution in [0.4, 0.5) is 5.69 Å². The minimum Gasteiger partial charge on any atom is -0.326 e. The molecular weight excluding hydrogens is 340 g/mol. The summed E-state index contributed by atoms with van der Waals surface area (Å²) >= 11 is 1.63. The Bertz CT molecular complexity index is 966. The van der Waals surface area contributed by atoms with Crippen molar-refractivity contribution < 1.29 is 4.79 Å². The summed E-state index contributed by atoms with van der Waals surface area (Å²) < 4.78 is 0. The topological polar surface area (TPSA) is 42.0 Å². The molecule has 0 bridgehead atoms. The number of pyridine rings is 1. The van der Waals surface area contributed by atoms with Gasteiger partial charge in [0.2, 0.25) is 5.91 Å². The molecule has 0 fully saturated rings. The van der Waals surface area contributed by atoms with Crippen LogP contribution in [0.15, 0.2) is 47.5 Å². The fourth-order valence-electron chi connectivity index (χ4n) is 2.94. The van der Waals surface area contributed by atoms with Gasteiger partial charge in [0.15, 0.2) is 0 Å². The highest BCUT2D eigenvalue weighted by Crippen LogP contribution is 2.26. The molecule has 0 unspecified atom stereocenters. The Morgan fingerprint density at radius 1 is 1.00 bits per heavy atom. The maximum absolute atomic E-state index is 12.3. The molecule has 26 heavy (non-hydrogen) atoms. The molecule has 0 spiro atoms. The summed E-state index contributed by atoms with van der Waals surface area (Å²) in [5, 5.41) is 5.19. The summed E-state index contributed by atoms with van der Waals surface area (Å²) in [6, 6.07) is 14.5. The molecule has 0 saturated carbocycles. The first-order chi connectivity index (χ1) is 12.4. The number of hydrogen-bond acceptors (Lipinski definition) is 3. The van der Waals surface area contributed by atoms with Crippen molar-refractivity contribution >= 4 is 34.3 Å². The number of hydrogen-bond donors (Lipinski definition) is 1. The van der Waals surface area contributed by atoms with E-state index < -0.39 is 0 Å². The molecule has 1 heterocycles. The lowest BCUT2D eigenvalue weighted by molar-refractivity contribution is -0.115. The van der Waals surface area contributed by atoms with Crippen molar-refractivity contribution in [3.8, 4) is 0 Å². The molecule has 3 rings (SSSR count). The molecule has 0 aliphatic heterocycles. The number of thioether (sulfide) groups is 1. The van der Waals surface area contributed by atoms with E-state index in [9.17, 15) is 4.79 Å². The van der Waals surface area contributed by atoms with E-state index in [-0.39, 0.29) is 5.91 Å². The predicted molar refractivity (Wildman–Crippen MR) is 111 cm³/mol. The van der Waals surface area contributed by atoms with Gasteiger partial charge in [-0.3, -0.25) is 4.79 Å². The van der Waals surface area contributed by atoms with Gasteiger partial charge in [0.1, 0.15) is 0 Å². The Morgan fingerprint density at radius 2 is 1.81 bits per heavy atom. The van der Waals surface area contributed by atoms with Crippen molar-refractivity contribution in [3.05, 3.63) is 64.7 Å². The molecule has 0 aliphatic rings. The van der Waals surface area contributed by atoms with Crippen LogP contribution in [0, 0.1) is 27.7 Å². The number of aromatic nitrogens is 1. The molecule has 1 aromatic heterocycles. The van der Waals surface area contributed by atoms with Gasteiger partial charge in [-0.25, -0.2) is 4.98 Å². The Hall–Kier alpha value is -2.33. The smallest absolute Gasteiger partial charge is 0.225 e. The number of carbonyl (C=O) groups is 1. The number of carbonyl (C=O) groups excluding carboxylic acids is 1. The van der Waals surface area contributed by atoms with Crippen molar-refractivity contribution in [2.24, 2.45) is 0 Å². The summed E-state index contributed by atoms with van der Waals surface area (Å²) in [4.78, 5) is 17.0. The fraction of sp³-hybridized carbons (Fsp3) is 0.273. The first-order valence-corrected chi connectivity index (χ1v) is 9.79. The number of nitrogens with one attached hydrogen (secondary N) is 1. The average molecular weight is 365 g/mol. The van der Waals surface area contributed by atoms with Crippen LogP contribution in [0.1, 0.15) is 28.7 Å². The van der Waals surface area contributed by atoms with Crippen LogP contribution in [0.3, 0.4) is 0 Å². The van der Waals surface area contributed by atoms with Crippen LogP contribution in [0.25, 0.3) is 10.9 Å². The van der Waals surface area contributed by atoms with Crippen LogP contribution >= 0.6 is 11.8 Å². The molecule has 0 saturated heterocycles. The molecule has 0 atom stereocenters. The minimum atomic E-state index is 0.0416. The van der Waals surface area contributed by atoms with E-state index in [4.69, 9.17) is 4.98 Å². The normalized spacial score (nSPS) is 10.9. The maximum Gasteiger partial charge on any atom is 0.225 e. The van der Waals surface area contributed by atoms with Crippen LogP contribution in [0.5, 0.6) is 0 Å². The van der Waals surface area contributed by atoms with Gasteiger partial charge in [0.25, 0.3) is 0 Å². The fourth-order valence-corrected chi connectivity index (χ4v) is 3.85. The number of anilines is 1. The monoisotopic (exact) mass is 364 g/mol. The maximum atomic E-state index is 12.3. The molecule has 1 amide bonds. The quantitative estimate of drug-likeness (QED) is 0.600. The number of aryl methyl sites for hydroxylation is 4. The van der Waals surface area contributed by atoms with Gasteiger partial charge in [0.05, 0.1) is 10.5 Å². The minimum absolute atomic E-state index is 0.0416. The lowest BCUT2D eigenvalue weighted by Gasteiger charge is -2.10. The van der Waals surface area contributed by atoms with Crippen molar-refractivity contribution in [2.45, 2.75) is 39.1 Å². The van der Waals surface area contributed by atoms with E-state index in [2.05, 4.69) is 49.5 Å². The largest absolute Gasteiger partial charge is 0.326 e. The molecule has 1 N–H and O–H groups in total. The molecule has 0 aliphatic carbocycles. The molecule has 3 aromatic rings. The highest BCUT2D eigenvalue weighted by atomic mass is 32.2. The average Bonchev–Trinajstić information content (AvgIpc) is 2.59. The van der Waals surface area contributed by atoms with Crippen LogP contribution < -0.4 is 5.32 Å². The summed E-state index contributed by atoms with van der Waals surface area (Å²) in [6.07, 6.45) is 0.463. The first kappa shape index (κ1) is 18.5. The highest BCUT2D eigenvalue weighted by Gasteiger charge is 2.08. The molecular formula is C22H24N2OS. The van der Waals surface area contributed by atoms with E-state index in [0.717, 1.165) is 27.4 Å². The molecule has 3 nitrogen and oxygen atoms in total. The number of para-hydroxylation sites is 1. The third kappa shape index (κ3) is 4.25. The van der Waals surface area contributed by atoms with E-state index >= 15 is 0 Å². The lowest BCUT2D eigenvalue weighted by Crippen LogP contribution is -2.13. The second-order valence-electron chi connectivity index (χ2n) is 6.71. The highest BCUT2D eigenvalue weighted by molar-refractivity contribution is 7.99. The van der Waals surface area contributed by atoms with Crippen molar-refractivity contribution in [1.82, 2.24) is 4.98 Å². The first-order valence-electron chi connectivity index (χ1n) is 8.81. The van der Waals surface area contributed by atoms with E-state index in [0.29, 0.717) is 12.2 Å². The third-order valence-corrected chi connectivity index (χ3v) is 5.38. The standard InChI is InChI=1S/C22H24N2OS/c1-14-8-9-15(2)19(12-14)23-20(25)10-11-26-21-13-17(4)18-7-5-6-16(3)22(18)24-21/h5-9,12-13H,10-11H2,1-4H3,(H,23,25). The van der Waals surface area contributed by atoms with Crippen LogP contribution in [-0.4, -0.2) is 16.6 Å². The van der Waals surface area contributed by atoms with Crippen molar-refractivity contribution in [2.75, 3.05) is 11.1 Å². The Balaban J connectivity index is 1.63. The van der Waals surface area contributed by atoms with Gasteiger partial charge < -0.3 is 5.32 Å². The van der Waals surface area contributed by atoms with Gasteiger partial charge in [-0.05, 0) is 62.1 Å². The number of fused-ring (bicyclic) bond motifs is 1. The van der Waals surface area contributed by atoms with E-state index in [1.54, 1.807) is 11.8 Å². The van der Waals surface area contributed by atoms with Crippen molar-refractivity contribution in [3.63, 3.8) is 0 Å². The predicted octanol–water partition coefficient (Wildman–Crippen LogP) is 5.59. The summed E-state index contributed by atoms with van der Waals surface area (Å²) in [6.45, 7) is 8.23. The van der Waals surface area contributed by atoms with Gasteiger partial charge in [-0.2, -0.15) is 0 Å². The summed E-state index contributed by atoms with van der Waals surface area (Å²) in [5.41, 5.74) is 6.58. The van der Waals surface area contributed by atoms with Gasteiger partial charge >= 0.3 is 0 Å². The molecule has 4 heteroatoms. The zero-order valence-electron chi connectivity index (χ0n) is 15.7. The number of rotatable bonds is 5. The second-order valence-corrected chi connectivity index (χ2v) is 7.83. The second kappa shape index (κ2) is 7.92. The molecule has 2 aromatic carbocycles. The number of benzene rings is 2. The number of amides is 1. The van der Waals surface area contributed by atoms with E-state index in [1.807, 2.05) is 26.0 Å². The summed E-state index contributed by atoms with van der Waals surface area (Å²) in [7, 11) is 0. The van der Waals surface area contributed by atoms with Gasteiger partial charge in [0, 0.05) is 23.2 Å².